The molecule has 0 saturated carbocycles. The monoisotopic (exact) mass is 411 g/mol. The number of Topliss-reactive ketones (excluding diaryl/α,β-unsaturated/α-hetero) is 1. The summed E-state index contributed by atoms with van der Waals surface area (Å²) in [7, 11) is 3.07. The lowest BCUT2D eigenvalue weighted by atomic mass is 9.81. The maximum atomic E-state index is 13.5. The molecule has 0 spiro atoms. The van der Waals surface area contributed by atoms with Gasteiger partial charge >= 0.3 is 0 Å². The number of hydrogen-bond donors (Lipinski definition) is 1. The molecular weight excluding hydrogens is 388 g/mol. The van der Waals surface area contributed by atoms with Crippen molar-refractivity contribution in [1.29, 1.82) is 0 Å². The molecule has 1 N–H and O–H groups in total. The lowest BCUT2D eigenvalue weighted by molar-refractivity contribution is -0.269. The standard InChI is InChI=1S/C23H24O7/c1-12(10-24)4-5-13-16(25)7-6-14-22(26)21-15-8-18(27-2)19(28-3)9-17(15)29-11-20(21)30-23(13)14/h4,6-9,20-21,24-25H,5,10-11H2,1-3H3/p-1/b12-4-/t20-,21+/m1/s1. The van der Waals surface area contributed by atoms with E-state index in [9.17, 15) is 15.0 Å². The summed E-state index contributed by atoms with van der Waals surface area (Å²) in [6.45, 7) is 1.85. The molecule has 0 aromatic heterocycles. The second-order valence-electron chi connectivity index (χ2n) is 7.39. The maximum absolute atomic E-state index is 13.5. The Morgan fingerprint density at radius 2 is 2.00 bits per heavy atom. The van der Waals surface area contributed by atoms with E-state index in [1.807, 2.05) is 0 Å². The molecule has 0 saturated heterocycles. The second kappa shape index (κ2) is 7.91. The van der Waals surface area contributed by atoms with E-state index in [1.165, 1.54) is 26.4 Å². The molecule has 0 aliphatic carbocycles. The largest absolute Gasteiger partial charge is 0.872 e. The number of carbonyl (C=O) groups excluding carboxylic acids is 1. The highest BCUT2D eigenvalue weighted by Crippen LogP contribution is 2.48. The average Bonchev–Trinajstić information content (AvgIpc) is 2.76. The number of rotatable bonds is 5. The SMILES string of the molecule is COc1cc2c(cc1OC)[C@@H]1C(=O)c3ccc([O-])c(C/C=C(/C)CO)c3O[C@@H]1CO2. The molecule has 0 radical (unpaired) electrons. The summed E-state index contributed by atoms with van der Waals surface area (Å²) in [4.78, 5) is 13.5. The number of ketones is 1. The van der Waals surface area contributed by atoms with E-state index in [-0.39, 0.29) is 31.2 Å². The lowest BCUT2D eigenvalue weighted by Crippen LogP contribution is -2.43. The van der Waals surface area contributed by atoms with Crippen molar-refractivity contribution in [1.82, 2.24) is 0 Å². The van der Waals surface area contributed by atoms with E-state index < -0.39 is 12.0 Å². The van der Waals surface area contributed by atoms with E-state index in [1.54, 1.807) is 25.1 Å². The molecule has 0 bridgehead atoms. The molecule has 2 aliphatic rings. The number of fused-ring (bicyclic) bond motifs is 4. The fourth-order valence-corrected chi connectivity index (χ4v) is 3.92. The zero-order valence-electron chi connectivity index (χ0n) is 17.1. The third-order valence-corrected chi connectivity index (χ3v) is 5.56. The van der Waals surface area contributed by atoms with Gasteiger partial charge in [0.05, 0.1) is 32.3 Å². The quantitative estimate of drug-likeness (QED) is 0.755. The van der Waals surface area contributed by atoms with Crippen LogP contribution in [0.4, 0.5) is 0 Å². The Labute approximate surface area is 174 Å². The molecule has 7 heteroatoms. The molecule has 7 nitrogen and oxygen atoms in total. The number of aliphatic hydroxyl groups is 1. The van der Waals surface area contributed by atoms with Gasteiger partial charge < -0.3 is 29.2 Å². The number of hydrogen-bond acceptors (Lipinski definition) is 7. The summed E-state index contributed by atoms with van der Waals surface area (Å²) in [6, 6.07) is 6.38. The van der Waals surface area contributed by atoms with Crippen LogP contribution in [0.5, 0.6) is 28.7 Å². The number of allylic oxidation sites excluding steroid dienone is 1. The fourth-order valence-electron chi connectivity index (χ4n) is 3.92. The van der Waals surface area contributed by atoms with E-state index in [0.717, 1.165) is 5.57 Å². The van der Waals surface area contributed by atoms with Crippen molar-refractivity contribution in [3.63, 3.8) is 0 Å². The topological polar surface area (TPSA) is 97.3 Å². The van der Waals surface area contributed by atoms with Crippen LogP contribution in [0.1, 0.15) is 34.3 Å². The van der Waals surface area contributed by atoms with Gasteiger partial charge in [-0.15, -0.1) is 5.75 Å². The Bertz CT molecular complexity index is 1020. The Balaban J connectivity index is 1.78. The van der Waals surface area contributed by atoms with Crippen LogP contribution >= 0.6 is 0 Å². The van der Waals surface area contributed by atoms with Gasteiger partial charge in [-0.2, -0.15) is 0 Å². The smallest absolute Gasteiger partial charge is 0.178 e. The Hall–Kier alpha value is -3.19. The van der Waals surface area contributed by atoms with Crippen LogP contribution in [-0.2, 0) is 6.42 Å². The number of carbonyl (C=O) groups is 1. The van der Waals surface area contributed by atoms with E-state index in [0.29, 0.717) is 39.7 Å². The van der Waals surface area contributed by atoms with Crippen molar-refractivity contribution in [2.75, 3.05) is 27.4 Å². The van der Waals surface area contributed by atoms with Gasteiger partial charge in [-0.1, -0.05) is 17.7 Å². The van der Waals surface area contributed by atoms with Gasteiger partial charge in [0.15, 0.2) is 17.3 Å². The van der Waals surface area contributed by atoms with Gasteiger partial charge in [-0.05, 0) is 31.0 Å². The summed E-state index contributed by atoms with van der Waals surface area (Å²) in [5.41, 5.74) is 2.19. The van der Waals surface area contributed by atoms with Gasteiger partial charge in [0.1, 0.15) is 24.2 Å². The van der Waals surface area contributed by atoms with Gasteiger partial charge in [-0.3, -0.25) is 4.79 Å². The first kappa shape index (κ1) is 20.1. The third kappa shape index (κ3) is 3.25. The van der Waals surface area contributed by atoms with Crippen LogP contribution in [0, 0.1) is 0 Å². The molecule has 2 aliphatic heterocycles. The molecule has 0 amide bonds. The van der Waals surface area contributed by atoms with Crippen molar-refractivity contribution in [3.05, 3.63) is 52.6 Å². The van der Waals surface area contributed by atoms with Gasteiger partial charge in [0.2, 0.25) is 0 Å². The average molecular weight is 411 g/mol. The summed E-state index contributed by atoms with van der Waals surface area (Å²) < 4.78 is 22.7. The number of benzene rings is 2. The van der Waals surface area contributed by atoms with Gasteiger partial charge in [0, 0.05) is 11.6 Å². The third-order valence-electron chi connectivity index (χ3n) is 5.56. The van der Waals surface area contributed by atoms with Crippen molar-refractivity contribution < 1.29 is 34.0 Å². The van der Waals surface area contributed by atoms with E-state index >= 15 is 0 Å². The summed E-state index contributed by atoms with van der Waals surface area (Å²) in [6.07, 6.45) is 1.49. The van der Waals surface area contributed by atoms with Crippen LogP contribution in [-0.4, -0.2) is 44.4 Å². The molecule has 2 heterocycles. The minimum atomic E-state index is -0.568. The maximum Gasteiger partial charge on any atom is 0.178 e. The molecule has 0 fully saturated rings. The minimum Gasteiger partial charge on any atom is -0.872 e. The Morgan fingerprint density at radius 1 is 1.27 bits per heavy atom. The first-order valence-corrected chi connectivity index (χ1v) is 9.67. The molecule has 158 valence electrons. The Kier molecular flexibility index (Phi) is 5.30. The molecule has 0 unspecified atom stereocenters. The van der Waals surface area contributed by atoms with Crippen molar-refractivity contribution >= 4 is 5.78 Å². The summed E-state index contributed by atoms with van der Waals surface area (Å²) >= 11 is 0. The van der Waals surface area contributed by atoms with Crippen molar-refractivity contribution in [2.24, 2.45) is 0 Å². The number of aliphatic hydroxyl groups excluding tert-OH is 1. The van der Waals surface area contributed by atoms with Gasteiger partial charge in [-0.25, -0.2) is 0 Å². The van der Waals surface area contributed by atoms with E-state index in [4.69, 9.17) is 18.9 Å². The van der Waals surface area contributed by atoms with Crippen LogP contribution < -0.4 is 24.1 Å². The van der Waals surface area contributed by atoms with Crippen LogP contribution in [0.25, 0.3) is 0 Å². The molecule has 4 rings (SSSR count). The highest BCUT2D eigenvalue weighted by Gasteiger charge is 2.44. The molecule has 2 aromatic rings. The fraction of sp³-hybridized carbons (Fsp3) is 0.348. The van der Waals surface area contributed by atoms with Crippen LogP contribution in [0.2, 0.25) is 0 Å². The zero-order valence-corrected chi connectivity index (χ0v) is 17.1. The predicted molar refractivity (Wildman–Crippen MR) is 107 cm³/mol. The lowest BCUT2D eigenvalue weighted by Gasteiger charge is -2.38. The number of ether oxygens (including phenoxy) is 4. The van der Waals surface area contributed by atoms with Crippen molar-refractivity contribution in [2.45, 2.75) is 25.4 Å². The van der Waals surface area contributed by atoms with Crippen LogP contribution in [0.3, 0.4) is 0 Å². The van der Waals surface area contributed by atoms with Crippen LogP contribution in [0.15, 0.2) is 35.9 Å². The number of methoxy groups -OCH3 is 2. The second-order valence-corrected chi connectivity index (χ2v) is 7.39. The summed E-state index contributed by atoms with van der Waals surface area (Å²) in [5, 5.41) is 21.7. The van der Waals surface area contributed by atoms with E-state index in [2.05, 4.69) is 0 Å². The Morgan fingerprint density at radius 3 is 2.70 bits per heavy atom. The molecule has 30 heavy (non-hydrogen) atoms. The summed E-state index contributed by atoms with van der Waals surface area (Å²) in [5.74, 6) is 0.983. The van der Waals surface area contributed by atoms with Crippen molar-refractivity contribution in [3.8, 4) is 28.7 Å². The first-order valence-electron chi connectivity index (χ1n) is 9.67. The highest BCUT2D eigenvalue weighted by molar-refractivity contribution is 6.05. The zero-order chi connectivity index (χ0) is 21.4. The first-order chi connectivity index (χ1) is 14.5. The predicted octanol–water partition coefficient (Wildman–Crippen LogP) is 2.38. The minimum absolute atomic E-state index is 0.0936. The normalized spacial score (nSPS) is 19.7. The van der Waals surface area contributed by atoms with Gasteiger partial charge in [0.25, 0.3) is 0 Å². The molecule has 2 atom stereocenters. The highest BCUT2D eigenvalue weighted by atomic mass is 16.5. The molecule has 2 aromatic carbocycles. The molecular formula is C23H23O7-.